The van der Waals surface area contributed by atoms with Crippen LogP contribution in [0.1, 0.15) is 10.4 Å². The number of amides is 1. The predicted octanol–water partition coefficient (Wildman–Crippen LogP) is 3.24. The molecule has 98 valence electrons. The summed E-state index contributed by atoms with van der Waals surface area (Å²) in [7, 11) is 1.49. The minimum Gasteiger partial charge on any atom is -0.481 e. The van der Waals surface area contributed by atoms with E-state index >= 15 is 0 Å². The Balaban J connectivity index is 2.20. The van der Waals surface area contributed by atoms with Crippen LogP contribution in [0.3, 0.4) is 0 Å². The third-order valence-electron chi connectivity index (χ3n) is 2.38. The molecule has 0 saturated heterocycles. The summed E-state index contributed by atoms with van der Waals surface area (Å²) in [5.74, 6) is -0.356. The molecular weight excluding hydrogens is 315 g/mol. The van der Waals surface area contributed by atoms with Crippen LogP contribution in [0.5, 0.6) is 5.88 Å². The fourth-order valence-corrected chi connectivity index (χ4v) is 2.00. The van der Waals surface area contributed by atoms with Gasteiger partial charge in [-0.05, 0) is 40.2 Å². The van der Waals surface area contributed by atoms with Gasteiger partial charge >= 0.3 is 0 Å². The van der Waals surface area contributed by atoms with E-state index in [4.69, 9.17) is 4.74 Å². The molecule has 1 aromatic heterocycles. The normalized spacial score (nSPS) is 10.1. The highest BCUT2D eigenvalue weighted by Crippen LogP contribution is 2.20. The van der Waals surface area contributed by atoms with Crippen molar-refractivity contribution in [3.05, 3.63) is 52.4 Å². The van der Waals surface area contributed by atoms with Gasteiger partial charge in [0.15, 0.2) is 0 Å². The molecular formula is C13H10BrFN2O2. The third kappa shape index (κ3) is 3.29. The molecule has 0 bridgehead atoms. The smallest absolute Gasteiger partial charge is 0.256 e. The maximum Gasteiger partial charge on any atom is 0.256 e. The molecule has 1 aromatic carbocycles. The van der Waals surface area contributed by atoms with E-state index < -0.39 is 5.82 Å². The first-order valence-electron chi connectivity index (χ1n) is 5.36. The van der Waals surface area contributed by atoms with E-state index in [0.29, 0.717) is 21.6 Å². The number of anilines is 1. The predicted molar refractivity (Wildman–Crippen MR) is 72.8 cm³/mol. The van der Waals surface area contributed by atoms with Crippen molar-refractivity contribution < 1.29 is 13.9 Å². The second-order valence-electron chi connectivity index (χ2n) is 3.67. The maximum absolute atomic E-state index is 13.0. The first-order valence-corrected chi connectivity index (χ1v) is 6.16. The zero-order valence-corrected chi connectivity index (χ0v) is 11.6. The standard InChI is InChI=1S/C13H10BrFN2O2/c1-19-12-7-9(4-5-16-12)17-13(18)10-3-2-8(15)6-11(10)14/h2-7H,1H3,(H,16,17,18). The Morgan fingerprint density at radius 2 is 2.16 bits per heavy atom. The molecule has 0 atom stereocenters. The monoisotopic (exact) mass is 324 g/mol. The summed E-state index contributed by atoms with van der Waals surface area (Å²) < 4.78 is 18.3. The molecule has 4 nitrogen and oxygen atoms in total. The van der Waals surface area contributed by atoms with Crippen LogP contribution in [0.25, 0.3) is 0 Å². The van der Waals surface area contributed by atoms with Crippen LogP contribution in [0.2, 0.25) is 0 Å². The molecule has 1 amide bonds. The summed E-state index contributed by atoms with van der Waals surface area (Å²) in [4.78, 5) is 16.0. The molecule has 2 aromatic rings. The Morgan fingerprint density at radius 3 is 2.84 bits per heavy atom. The minimum atomic E-state index is -0.408. The van der Waals surface area contributed by atoms with Gasteiger partial charge in [-0.1, -0.05) is 0 Å². The van der Waals surface area contributed by atoms with Gasteiger partial charge in [-0.15, -0.1) is 0 Å². The van der Waals surface area contributed by atoms with Crippen molar-refractivity contribution in [2.24, 2.45) is 0 Å². The Morgan fingerprint density at radius 1 is 1.37 bits per heavy atom. The number of ether oxygens (including phenoxy) is 1. The van der Waals surface area contributed by atoms with Gasteiger partial charge in [0, 0.05) is 22.4 Å². The van der Waals surface area contributed by atoms with Crippen molar-refractivity contribution in [3.8, 4) is 5.88 Å². The van der Waals surface area contributed by atoms with Crippen LogP contribution in [-0.4, -0.2) is 18.0 Å². The highest BCUT2D eigenvalue weighted by atomic mass is 79.9. The number of nitrogens with one attached hydrogen (secondary N) is 1. The van der Waals surface area contributed by atoms with E-state index in [0.717, 1.165) is 0 Å². The van der Waals surface area contributed by atoms with Gasteiger partial charge in [0.05, 0.1) is 12.7 Å². The third-order valence-corrected chi connectivity index (χ3v) is 3.03. The fourth-order valence-electron chi connectivity index (χ4n) is 1.47. The molecule has 0 saturated carbocycles. The van der Waals surface area contributed by atoms with Gasteiger partial charge in [-0.2, -0.15) is 0 Å². The number of rotatable bonds is 3. The number of hydrogen-bond donors (Lipinski definition) is 1. The summed E-state index contributed by atoms with van der Waals surface area (Å²) in [6.45, 7) is 0. The van der Waals surface area contributed by atoms with E-state index in [1.807, 2.05) is 0 Å². The van der Waals surface area contributed by atoms with E-state index in [1.165, 1.54) is 31.5 Å². The maximum atomic E-state index is 13.0. The fraction of sp³-hybridized carbons (Fsp3) is 0.0769. The van der Waals surface area contributed by atoms with Crippen LogP contribution in [0.4, 0.5) is 10.1 Å². The van der Waals surface area contributed by atoms with E-state index in [-0.39, 0.29) is 5.91 Å². The van der Waals surface area contributed by atoms with Gasteiger partial charge in [0.25, 0.3) is 5.91 Å². The van der Waals surface area contributed by atoms with Crippen molar-refractivity contribution in [1.29, 1.82) is 0 Å². The second kappa shape index (κ2) is 5.79. The van der Waals surface area contributed by atoms with Gasteiger partial charge in [0.2, 0.25) is 5.88 Å². The summed E-state index contributed by atoms with van der Waals surface area (Å²) in [5.41, 5.74) is 0.894. The Bertz CT molecular complexity index is 619. The summed E-state index contributed by atoms with van der Waals surface area (Å²) in [5, 5.41) is 2.68. The molecule has 19 heavy (non-hydrogen) atoms. The lowest BCUT2D eigenvalue weighted by molar-refractivity contribution is 0.102. The molecule has 0 unspecified atom stereocenters. The van der Waals surface area contributed by atoms with Crippen molar-refractivity contribution in [2.75, 3.05) is 12.4 Å². The molecule has 0 spiro atoms. The lowest BCUT2D eigenvalue weighted by atomic mass is 10.2. The van der Waals surface area contributed by atoms with Gasteiger partial charge in [-0.25, -0.2) is 9.37 Å². The summed E-state index contributed by atoms with van der Waals surface area (Å²) in [6.07, 6.45) is 1.52. The van der Waals surface area contributed by atoms with Crippen LogP contribution in [-0.2, 0) is 0 Å². The molecule has 0 radical (unpaired) electrons. The molecule has 2 rings (SSSR count). The Kier molecular flexibility index (Phi) is 4.11. The first kappa shape index (κ1) is 13.5. The molecule has 0 aliphatic carbocycles. The summed E-state index contributed by atoms with van der Waals surface area (Å²) in [6, 6.07) is 7.11. The van der Waals surface area contributed by atoms with E-state index in [9.17, 15) is 9.18 Å². The van der Waals surface area contributed by atoms with Crippen molar-refractivity contribution in [1.82, 2.24) is 4.98 Å². The Labute approximate surface area is 117 Å². The molecule has 1 N–H and O–H groups in total. The van der Waals surface area contributed by atoms with Crippen LogP contribution in [0, 0.1) is 5.82 Å². The minimum absolute atomic E-state index is 0.345. The van der Waals surface area contributed by atoms with E-state index in [2.05, 4.69) is 26.2 Å². The molecule has 6 heteroatoms. The topological polar surface area (TPSA) is 51.2 Å². The number of carbonyl (C=O) groups is 1. The lowest BCUT2D eigenvalue weighted by Crippen LogP contribution is -2.12. The SMILES string of the molecule is COc1cc(NC(=O)c2ccc(F)cc2Br)ccn1. The first-order chi connectivity index (χ1) is 9.10. The van der Waals surface area contributed by atoms with Gasteiger partial charge in [0.1, 0.15) is 5.82 Å². The average molecular weight is 325 g/mol. The number of aromatic nitrogens is 1. The largest absolute Gasteiger partial charge is 0.481 e. The number of carbonyl (C=O) groups excluding carboxylic acids is 1. The molecule has 1 heterocycles. The molecule has 0 fully saturated rings. The van der Waals surface area contributed by atoms with Crippen LogP contribution < -0.4 is 10.1 Å². The highest BCUT2D eigenvalue weighted by Gasteiger charge is 2.11. The molecule has 0 aliphatic rings. The average Bonchev–Trinajstić information content (AvgIpc) is 2.38. The zero-order valence-electron chi connectivity index (χ0n) is 9.98. The summed E-state index contributed by atoms with van der Waals surface area (Å²) >= 11 is 3.15. The number of benzene rings is 1. The zero-order chi connectivity index (χ0) is 13.8. The highest BCUT2D eigenvalue weighted by molar-refractivity contribution is 9.10. The van der Waals surface area contributed by atoms with Crippen LogP contribution in [0.15, 0.2) is 41.0 Å². The number of methoxy groups -OCH3 is 1. The van der Waals surface area contributed by atoms with Crippen LogP contribution >= 0.6 is 15.9 Å². The Hall–Kier alpha value is -1.95. The van der Waals surface area contributed by atoms with Crippen molar-refractivity contribution in [2.45, 2.75) is 0 Å². The van der Waals surface area contributed by atoms with Crippen molar-refractivity contribution in [3.63, 3.8) is 0 Å². The van der Waals surface area contributed by atoms with Gasteiger partial charge < -0.3 is 10.1 Å². The second-order valence-corrected chi connectivity index (χ2v) is 4.52. The molecule has 0 aliphatic heterocycles. The lowest BCUT2D eigenvalue weighted by Gasteiger charge is -2.07. The number of hydrogen-bond acceptors (Lipinski definition) is 3. The number of pyridine rings is 1. The van der Waals surface area contributed by atoms with Gasteiger partial charge in [-0.3, -0.25) is 4.79 Å². The quantitative estimate of drug-likeness (QED) is 0.942. The van der Waals surface area contributed by atoms with E-state index in [1.54, 1.807) is 12.1 Å². The number of nitrogens with zero attached hydrogens (tertiary/aromatic N) is 1. The van der Waals surface area contributed by atoms with Crippen molar-refractivity contribution >= 4 is 27.5 Å². The number of halogens is 2.